The number of carbonyl (C=O) groups excluding carboxylic acids is 1. The zero-order chi connectivity index (χ0) is 11.8. The molecule has 1 aliphatic rings. The Labute approximate surface area is 100 Å². The molecule has 1 aliphatic carbocycles. The van der Waals surface area contributed by atoms with Crippen molar-refractivity contribution >= 4 is 5.78 Å². The van der Waals surface area contributed by atoms with Crippen LogP contribution in [0.5, 0.6) is 0 Å². The summed E-state index contributed by atoms with van der Waals surface area (Å²) in [7, 11) is 0. The average molecular weight is 223 g/mol. The molecule has 2 aromatic rings. The number of hydrogen-bond donors (Lipinski definition) is 0. The Morgan fingerprint density at radius 2 is 1.94 bits per heavy atom. The molecule has 0 spiro atoms. The van der Waals surface area contributed by atoms with E-state index in [9.17, 15) is 4.79 Å². The van der Waals surface area contributed by atoms with Crippen LogP contribution < -0.4 is 0 Å². The van der Waals surface area contributed by atoms with Crippen LogP contribution in [0.1, 0.15) is 22.8 Å². The Bertz CT molecular complexity index is 575. The van der Waals surface area contributed by atoms with Crippen molar-refractivity contribution in [2.24, 2.45) is 5.92 Å². The molecule has 1 atom stereocenters. The van der Waals surface area contributed by atoms with Gasteiger partial charge in [-0.05, 0) is 35.2 Å². The maximum Gasteiger partial charge on any atom is 0.166 e. The molecule has 0 fully saturated rings. The van der Waals surface area contributed by atoms with Crippen LogP contribution >= 0.6 is 0 Å². The highest BCUT2D eigenvalue weighted by Crippen LogP contribution is 2.34. The molecule has 17 heavy (non-hydrogen) atoms. The largest absolute Gasteiger partial charge is 0.294 e. The van der Waals surface area contributed by atoms with Gasteiger partial charge in [-0.25, -0.2) is 0 Å². The maximum atomic E-state index is 12.2. The molecule has 1 heterocycles. The van der Waals surface area contributed by atoms with Gasteiger partial charge >= 0.3 is 0 Å². The lowest BCUT2D eigenvalue weighted by atomic mass is 9.97. The van der Waals surface area contributed by atoms with E-state index in [1.54, 1.807) is 12.4 Å². The van der Waals surface area contributed by atoms with E-state index in [-0.39, 0.29) is 11.7 Å². The van der Waals surface area contributed by atoms with E-state index in [0.29, 0.717) is 0 Å². The molecule has 0 saturated carbocycles. The van der Waals surface area contributed by atoms with Crippen LogP contribution in [-0.4, -0.2) is 10.8 Å². The van der Waals surface area contributed by atoms with Crippen LogP contribution in [0.25, 0.3) is 11.1 Å². The van der Waals surface area contributed by atoms with E-state index in [2.05, 4.69) is 11.1 Å². The number of pyridine rings is 1. The first-order valence-electron chi connectivity index (χ1n) is 5.84. The fourth-order valence-corrected chi connectivity index (χ4v) is 2.50. The van der Waals surface area contributed by atoms with E-state index in [1.807, 2.05) is 31.2 Å². The normalized spacial score (nSPS) is 18.2. The molecule has 1 unspecified atom stereocenters. The summed E-state index contributed by atoms with van der Waals surface area (Å²) in [5.41, 5.74) is 4.20. The number of nitrogens with zero attached hydrogens (tertiary/aromatic N) is 1. The minimum atomic E-state index is 0.119. The van der Waals surface area contributed by atoms with Crippen LogP contribution in [0.15, 0.2) is 42.7 Å². The molecule has 84 valence electrons. The van der Waals surface area contributed by atoms with Gasteiger partial charge in [0.15, 0.2) is 5.78 Å². The maximum absolute atomic E-state index is 12.2. The van der Waals surface area contributed by atoms with Gasteiger partial charge in [0, 0.05) is 23.9 Å². The van der Waals surface area contributed by atoms with Crippen LogP contribution in [0.2, 0.25) is 0 Å². The summed E-state index contributed by atoms with van der Waals surface area (Å²) in [4.78, 5) is 16.2. The number of carbonyl (C=O) groups is 1. The number of hydrogen-bond acceptors (Lipinski definition) is 2. The first-order valence-corrected chi connectivity index (χ1v) is 5.84. The lowest BCUT2D eigenvalue weighted by molar-refractivity contribution is 0.0947. The number of fused-ring (bicyclic) bond motifs is 1. The molecule has 3 rings (SSSR count). The zero-order valence-corrected chi connectivity index (χ0v) is 9.68. The first kappa shape index (κ1) is 10.2. The fraction of sp³-hybridized carbons (Fsp3) is 0.200. The summed E-state index contributed by atoms with van der Waals surface area (Å²) in [6, 6.07) is 10.0. The standard InChI is InChI=1S/C15H13NO/c1-10-9-12-3-2-4-13(14(12)15(10)17)11-5-7-16-8-6-11/h2-8,10H,9H2,1H3. The quantitative estimate of drug-likeness (QED) is 0.743. The van der Waals surface area contributed by atoms with Crippen LogP contribution in [0.4, 0.5) is 0 Å². The van der Waals surface area contributed by atoms with Crippen LogP contribution in [-0.2, 0) is 6.42 Å². The second kappa shape index (κ2) is 3.81. The van der Waals surface area contributed by atoms with Gasteiger partial charge in [-0.2, -0.15) is 0 Å². The van der Waals surface area contributed by atoms with E-state index >= 15 is 0 Å². The molecule has 0 bridgehead atoms. The van der Waals surface area contributed by atoms with Gasteiger partial charge in [-0.15, -0.1) is 0 Å². The SMILES string of the molecule is CC1Cc2cccc(-c3ccncc3)c2C1=O. The van der Waals surface area contributed by atoms with Crippen molar-refractivity contribution in [1.29, 1.82) is 0 Å². The molecule has 2 nitrogen and oxygen atoms in total. The number of rotatable bonds is 1. The second-order valence-corrected chi connectivity index (χ2v) is 4.55. The molecule has 0 saturated heterocycles. The Morgan fingerprint density at radius 3 is 2.71 bits per heavy atom. The van der Waals surface area contributed by atoms with E-state index in [4.69, 9.17) is 0 Å². The van der Waals surface area contributed by atoms with E-state index < -0.39 is 0 Å². The van der Waals surface area contributed by atoms with Gasteiger partial charge in [-0.3, -0.25) is 9.78 Å². The minimum absolute atomic E-state index is 0.119. The van der Waals surface area contributed by atoms with Gasteiger partial charge in [0.1, 0.15) is 0 Å². The highest BCUT2D eigenvalue weighted by Gasteiger charge is 2.29. The smallest absolute Gasteiger partial charge is 0.166 e. The van der Waals surface area contributed by atoms with Gasteiger partial charge in [0.05, 0.1) is 0 Å². The molecule has 2 heteroatoms. The lowest BCUT2D eigenvalue weighted by Crippen LogP contribution is -2.04. The van der Waals surface area contributed by atoms with E-state index in [0.717, 1.165) is 23.1 Å². The van der Waals surface area contributed by atoms with Crippen molar-refractivity contribution in [3.63, 3.8) is 0 Å². The summed E-state index contributed by atoms with van der Waals surface area (Å²) < 4.78 is 0. The molecule has 0 aliphatic heterocycles. The molecule has 1 aromatic carbocycles. The number of ketones is 1. The molecule has 0 N–H and O–H groups in total. The molecule has 0 amide bonds. The highest BCUT2D eigenvalue weighted by atomic mass is 16.1. The molecular weight excluding hydrogens is 210 g/mol. The number of Topliss-reactive ketones (excluding diaryl/α,β-unsaturated/α-hetero) is 1. The molecule has 1 aromatic heterocycles. The van der Waals surface area contributed by atoms with Crippen molar-refractivity contribution in [2.75, 3.05) is 0 Å². The third kappa shape index (κ3) is 1.57. The third-order valence-corrected chi connectivity index (χ3v) is 3.36. The van der Waals surface area contributed by atoms with Crippen LogP contribution in [0, 0.1) is 5.92 Å². The second-order valence-electron chi connectivity index (χ2n) is 4.55. The average Bonchev–Trinajstić information content (AvgIpc) is 2.66. The van der Waals surface area contributed by atoms with Gasteiger partial charge in [0.2, 0.25) is 0 Å². The highest BCUT2D eigenvalue weighted by molar-refractivity contribution is 6.07. The van der Waals surface area contributed by atoms with Crippen molar-refractivity contribution in [3.8, 4) is 11.1 Å². The first-order chi connectivity index (χ1) is 8.27. The lowest BCUT2D eigenvalue weighted by Gasteiger charge is -2.07. The fourth-order valence-electron chi connectivity index (χ4n) is 2.50. The van der Waals surface area contributed by atoms with Crippen LogP contribution in [0.3, 0.4) is 0 Å². The third-order valence-electron chi connectivity index (χ3n) is 3.36. The summed E-state index contributed by atoms with van der Waals surface area (Å²) in [6.07, 6.45) is 4.39. The van der Waals surface area contributed by atoms with Gasteiger partial charge in [0.25, 0.3) is 0 Å². The van der Waals surface area contributed by atoms with E-state index in [1.165, 1.54) is 5.56 Å². The number of benzene rings is 1. The Hall–Kier alpha value is -1.96. The predicted molar refractivity (Wildman–Crippen MR) is 66.9 cm³/mol. The summed E-state index contributed by atoms with van der Waals surface area (Å²) in [5, 5.41) is 0. The van der Waals surface area contributed by atoms with Crippen molar-refractivity contribution in [1.82, 2.24) is 4.98 Å². The molecular formula is C15H13NO. The topological polar surface area (TPSA) is 30.0 Å². The van der Waals surface area contributed by atoms with Gasteiger partial charge in [-0.1, -0.05) is 25.1 Å². The molecule has 0 radical (unpaired) electrons. The Morgan fingerprint density at radius 1 is 1.18 bits per heavy atom. The van der Waals surface area contributed by atoms with Gasteiger partial charge < -0.3 is 0 Å². The monoisotopic (exact) mass is 223 g/mol. The number of aromatic nitrogens is 1. The summed E-state index contributed by atoms with van der Waals surface area (Å²) in [6.45, 7) is 2.00. The zero-order valence-electron chi connectivity index (χ0n) is 9.68. The van der Waals surface area contributed by atoms with Crippen molar-refractivity contribution in [3.05, 3.63) is 53.9 Å². The Kier molecular flexibility index (Phi) is 2.29. The van der Waals surface area contributed by atoms with Crippen molar-refractivity contribution in [2.45, 2.75) is 13.3 Å². The Balaban J connectivity index is 2.21. The predicted octanol–water partition coefficient (Wildman–Crippen LogP) is 3.12. The minimum Gasteiger partial charge on any atom is -0.294 e. The van der Waals surface area contributed by atoms with Crippen molar-refractivity contribution < 1.29 is 4.79 Å². The summed E-state index contributed by atoms with van der Waals surface area (Å²) >= 11 is 0. The summed E-state index contributed by atoms with van der Waals surface area (Å²) in [5.74, 6) is 0.389.